The Morgan fingerprint density at radius 3 is 2.10 bits per heavy atom. The third-order valence-electron chi connectivity index (χ3n) is 5.26. The Balaban J connectivity index is 1.44. The van der Waals surface area contributed by atoms with E-state index in [1.807, 2.05) is 0 Å². The summed E-state index contributed by atoms with van der Waals surface area (Å²) in [5.41, 5.74) is 0. The summed E-state index contributed by atoms with van der Waals surface area (Å²) in [7, 11) is 0. The first-order chi connectivity index (χ1) is 14.2. The summed E-state index contributed by atoms with van der Waals surface area (Å²) in [4.78, 5) is 5.60. The van der Waals surface area contributed by atoms with Gasteiger partial charge in [-0.3, -0.25) is 0 Å². The molecule has 6 nitrogen and oxygen atoms in total. The van der Waals surface area contributed by atoms with Crippen LogP contribution in [0, 0.1) is 13.8 Å². The molecule has 6 rings (SSSR count). The summed E-state index contributed by atoms with van der Waals surface area (Å²) in [6, 6.07) is 0. The van der Waals surface area contributed by atoms with Crippen LogP contribution in [0.25, 0.3) is 4.91 Å². The average Bonchev–Trinajstić information content (AvgIpc) is 3.41. The van der Waals surface area contributed by atoms with Gasteiger partial charge in [-0.25, -0.2) is 0 Å². The Morgan fingerprint density at radius 1 is 0.690 bits per heavy atom. The second kappa shape index (κ2) is 7.01. The highest BCUT2D eigenvalue weighted by molar-refractivity contribution is 8.09. The van der Waals surface area contributed by atoms with E-state index in [9.17, 15) is 0 Å². The van der Waals surface area contributed by atoms with Crippen molar-refractivity contribution in [3.63, 3.8) is 0 Å². The van der Waals surface area contributed by atoms with Gasteiger partial charge in [0.05, 0.1) is 26.5 Å². The van der Waals surface area contributed by atoms with Crippen LogP contribution in [0.2, 0.25) is 0 Å². The molecule has 1 fully saturated rings. The van der Waals surface area contributed by atoms with Gasteiger partial charge in [-0.2, -0.15) is 0 Å². The van der Waals surface area contributed by atoms with Gasteiger partial charge in [0.15, 0.2) is 23.0 Å². The topological polar surface area (TPSA) is 55.4 Å². The van der Waals surface area contributed by atoms with Crippen molar-refractivity contribution in [2.45, 2.75) is 25.2 Å². The Morgan fingerprint density at radius 2 is 1.31 bits per heavy atom. The van der Waals surface area contributed by atoms with E-state index in [0.29, 0.717) is 39.6 Å². The summed E-state index contributed by atoms with van der Waals surface area (Å²) in [6.45, 7) is 7.63. The second-order valence-corrected chi connectivity index (χ2v) is 10.7. The molecule has 0 spiro atoms. The van der Waals surface area contributed by atoms with Crippen molar-refractivity contribution in [1.29, 1.82) is 0 Å². The van der Waals surface area contributed by atoms with Gasteiger partial charge in [-0.1, -0.05) is 0 Å². The van der Waals surface area contributed by atoms with Crippen LogP contribution in [0.1, 0.15) is 24.8 Å². The fourth-order valence-corrected chi connectivity index (χ4v) is 7.95. The predicted octanol–water partition coefficient (Wildman–Crippen LogP) is 4.54. The van der Waals surface area contributed by atoms with Gasteiger partial charge in [0.1, 0.15) is 44.9 Å². The summed E-state index contributed by atoms with van der Waals surface area (Å²) in [6.07, 6.45) is -0.140. The highest BCUT2D eigenvalue weighted by Crippen LogP contribution is 2.62. The molecule has 9 heteroatoms. The molecule has 4 aliphatic rings. The third-order valence-corrected chi connectivity index (χ3v) is 9.15. The number of thiophene rings is 2. The molecule has 2 unspecified atom stereocenters. The molecule has 29 heavy (non-hydrogen) atoms. The molecule has 0 radical (unpaired) electrons. The summed E-state index contributed by atoms with van der Waals surface area (Å²) in [5.74, 6) is 4.36. The Hall–Kier alpha value is -1.55. The first-order valence-electron chi connectivity index (χ1n) is 9.66. The first-order valence-corrected chi connectivity index (χ1v) is 12.2. The third kappa shape index (κ3) is 2.78. The Bertz CT molecular complexity index is 1010. The van der Waals surface area contributed by atoms with Crippen molar-refractivity contribution >= 4 is 39.3 Å². The zero-order valence-electron chi connectivity index (χ0n) is 16.1. The molecule has 2 atom stereocenters. The zero-order chi connectivity index (χ0) is 19.5. The van der Waals surface area contributed by atoms with E-state index in [2.05, 4.69) is 13.8 Å². The van der Waals surface area contributed by atoms with Crippen LogP contribution in [-0.4, -0.2) is 45.7 Å². The molecule has 0 bridgehead atoms. The highest BCUT2D eigenvalue weighted by Gasteiger charge is 2.46. The molecule has 0 N–H and O–H groups in total. The number of hydrogen-bond acceptors (Lipinski definition) is 9. The van der Waals surface area contributed by atoms with E-state index < -0.39 is 0 Å². The van der Waals surface area contributed by atoms with Crippen LogP contribution in [0.4, 0.5) is 0 Å². The van der Waals surface area contributed by atoms with Crippen LogP contribution in [-0.2, 0) is 9.47 Å². The molecule has 0 aliphatic carbocycles. The predicted molar refractivity (Wildman–Crippen MR) is 113 cm³/mol. The average molecular weight is 453 g/mol. The lowest BCUT2D eigenvalue weighted by molar-refractivity contribution is -0.0391. The Labute approximate surface area is 180 Å². The van der Waals surface area contributed by atoms with Crippen molar-refractivity contribution < 1.29 is 28.4 Å². The smallest absolute Gasteiger partial charge is 0.180 e. The molecular weight excluding hydrogens is 432 g/mol. The molecule has 4 aliphatic heterocycles. The van der Waals surface area contributed by atoms with Crippen molar-refractivity contribution in [1.82, 2.24) is 0 Å². The minimum absolute atomic E-state index is 0.0667. The number of aryl methyl sites for hydroxylation is 2. The lowest BCUT2D eigenvalue weighted by atomic mass is 10.1. The molecule has 0 amide bonds. The number of thioether (sulfide) groups is 1. The van der Waals surface area contributed by atoms with Crippen LogP contribution < -0.4 is 18.9 Å². The van der Waals surface area contributed by atoms with Crippen molar-refractivity contribution in [3.8, 4) is 23.0 Å². The SMILES string of the molecule is Cc1sc(C2=C3OCCOC3C(c3sc(C)c4c3OCCO4)S2)c2c1OCCO2. The summed E-state index contributed by atoms with van der Waals surface area (Å²) < 4.78 is 36.1. The van der Waals surface area contributed by atoms with Crippen LogP contribution in [0.5, 0.6) is 23.0 Å². The lowest BCUT2D eigenvalue weighted by Gasteiger charge is -2.27. The number of rotatable bonds is 2. The van der Waals surface area contributed by atoms with Crippen molar-refractivity contribution in [2.75, 3.05) is 39.6 Å². The maximum absolute atomic E-state index is 6.21. The minimum atomic E-state index is -0.140. The van der Waals surface area contributed by atoms with Crippen molar-refractivity contribution in [2.24, 2.45) is 0 Å². The maximum atomic E-state index is 6.21. The summed E-state index contributed by atoms with van der Waals surface area (Å²) >= 11 is 5.20. The van der Waals surface area contributed by atoms with Gasteiger partial charge in [-0.05, 0) is 13.8 Å². The largest absolute Gasteiger partial charge is 0.491 e. The molecule has 6 heterocycles. The highest BCUT2D eigenvalue weighted by atomic mass is 32.2. The Kier molecular flexibility index (Phi) is 4.41. The normalized spacial score (nSPS) is 25.0. The van der Waals surface area contributed by atoms with Gasteiger partial charge < -0.3 is 28.4 Å². The van der Waals surface area contributed by atoms with E-state index >= 15 is 0 Å². The van der Waals surface area contributed by atoms with E-state index in [4.69, 9.17) is 28.4 Å². The van der Waals surface area contributed by atoms with Gasteiger partial charge in [-0.15, -0.1) is 34.4 Å². The van der Waals surface area contributed by atoms with E-state index in [1.54, 1.807) is 34.4 Å². The summed E-state index contributed by atoms with van der Waals surface area (Å²) in [5, 5.41) is 0.0667. The lowest BCUT2D eigenvalue weighted by Crippen LogP contribution is -2.28. The number of fused-ring (bicyclic) bond motifs is 3. The second-order valence-electron chi connectivity index (χ2n) is 7.09. The molecule has 1 saturated heterocycles. The fourth-order valence-electron chi connectivity index (χ4n) is 4.06. The maximum Gasteiger partial charge on any atom is 0.180 e. The molecule has 0 saturated carbocycles. The van der Waals surface area contributed by atoms with E-state index in [-0.39, 0.29) is 11.4 Å². The van der Waals surface area contributed by atoms with Crippen LogP contribution in [0.3, 0.4) is 0 Å². The van der Waals surface area contributed by atoms with Gasteiger partial charge in [0.25, 0.3) is 0 Å². The van der Waals surface area contributed by atoms with Gasteiger partial charge >= 0.3 is 0 Å². The van der Waals surface area contributed by atoms with E-state index in [1.165, 1.54) is 0 Å². The molecule has 0 aromatic carbocycles. The molecule has 2 aromatic rings. The molecule has 2 aromatic heterocycles. The van der Waals surface area contributed by atoms with Crippen LogP contribution >= 0.6 is 34.4 Å². The first kappa shape index (κ1) is 18.2. The van der Waals surface area contributed by atoms with Gasteiger partial charge in [0, 0.05) is 9.75 Å². The number of hydrogen-bond donors (Lipinski definition) is 0. The fraction of sp³-hybridized carbons (Fsp3) is 0.500. The quantitative estimate of drug-likeness (QED) is 0.663. The minimum Gasteiger partial charge on any atom is -0.491 e. The standard InChI is InChI=1S/C20H20O6S3/c1-9-11-13(23-5-3-21-11)17(27-9)19-15-16(26-8-7-25-15)20(29-19)18-14-12(10(2)28-18)22-4-6-24-14/h15,19H,3-8H2,1-2H3. The molecule has 154 valence electrons. The van der Waals surface area contributed by atoms with Gasteiger partial charge in [0.2, 0.25) is 0 Å². The monoisotopic (exact) mass is 452 g/mol. The van der Waals surface area contributed by atoms with Crippen molar-refractivity contribution in [3.05, 3.63) is 25.3 Å². The molecular formula is C20H20O6S3. The number of ether oxygens (including phenoxy) is 6. The van der Waals surface area contributed by atoms with E-state index in [0.717, 1.165) is 53.2 Å². The zero-order valence-corrected chi connectivity index (χ0v) is 18.5. The van der Waals surface area contributed by atoms with Crippen LogP contribution in [0.15, 0.2) is 5.76 Å².